The van der Waals surface area contributed by atoms with E-state index < -0.39 is 0 Å². The first-order chi connectivity index (χ1) is 13.7. The lowest BCUT2D eigenvalue weighted by Crippen LogP contribution is -2.11. The van der Waals surface area contributed by atoms with E-state index in [1.54, 1.807) is 11.3 Å². The third-order valence-corrected chi connectivity index (χ3v) is 6.39. The van der Waals surface area contributed by atoms with Gasteiger partial charge in [0.05, 0.1) is 23.2 Å². The largest absolute Gasteiger partial charge is 0.462 e. The summed E-state index contributed by atoms with van der Waals surface area (Å²) < 4.78 is 5.37. The van der Waals surface area contributed by atoms with Crippen LogP contribution in [0.3, 0.4) is 0 Å². The van der Waals surface area contributed by atoms with Crippen molar-refractivity contribution >= 4 is 45.0 Å². The maximum Gasteiger partial charge on any atom is 0.341 e. The van der Waals surface area contributed by atoms with Crippen molar-refractivity contribution in [2.24, 2.45) is 0 Å². The fourth-order valence-electron chi connectivity index (χ4n) is 3.74. The molecule has 0 saturated carbocycles. The highest BCUT2D eigenvalue weighted by atomic mass is 32.1. The fourth-order valence-corrected chi connectivity index (χ4v) is 5.01. The van der Waals surface area contributed by atoms with Gasteiger partial charge in [-0.3, -0.25) is 0 Å². The molecular formula is C21H22N4O2S. The van der Waals surface area contributed by atoms with E-state index in [1.165, 1.54) is 11.3 Å². The zero-order valence-electron chi connectivity index (χ0n) is 15.8. The summed E-state index contributed by atoms with van der Waals surface area (Å²) in [7, 11) is 0. The van der Waals surface area contributed by atoms with Crippen LogP contribution < -0.4 is 10.2 Å². The molecule has 144 valence electrons. The second-order valence-corrected chi connectivity index (χ2v) is 8.24. The van der Waals surface area contributed by atoms with Gasteiger partial charge < -0.3 is 15.0 Å². The first-order valence-electron chi connectivity index (χ1n) is 9.85. The van der Waals surface area contributed by atoms with Crippen molar-refractivity contribution in [2.45, 2.75) is 32.6 Å². The summed E-state index contributed by atoms with van der Waals surface area (Å²) in [5.41, 5.74) is 3.56. The van der Waals surface area contributed by atoms with Crippen molar-refractivity contribution in [1.82, 2.24) is 9.97 Å². The van der Waals surface area contributed by atoms with E-state index in [-0.39, 0.29) is 5.97 Å². The number of para-hydroxylation sites is 2. The minimum absolute atomic E-state index is 0.244. The van der Waals surface area contributed by atoms with Crippen LogP contribution in [0.1, 0.15) is 40.6 Å². The van der Waals surface area contributed by atoms with E-state index in [0.717, 1.165) is 59.8 Å². The average molecular weight is 395 g/mol. The molecule has 0 atom stereocenters. The molecule has 28 heavy (non-hydrogen) atoms. The zero-order chi connectivity index (χ0) is 19.1. The van der Waals surface area contributed by atoms with E-state index in [9.17, 15) is 4.79 Å². The van der Waals surface area contributed by atoms with Crippen LogP contribution in [-0.4, -0.2) is 35.6 Å². The molecule has 0 radical (unpaired) electrons. The van der Waals surface area contributed by atoms with Crippen molar-refractivity contribution in [3.63, 3.8) is 0 Å². The molecule has 1 aromatic carbocycles. The Bertz CT molecular complexity index is 1060. The molecule has 1 aliphatic carbocycles. The summed E-state index contributed by atoms with van der Waals surface area (Å²) in [6.07, 6.45) is 4.24. The summed E-state index contributed by atoms with van der Waals surface area (Å²) in [5, 5.41) is 4.29. The Hall–Kier alpha value is -2.67. The molecule has 0 bridgehead atoms. The van der Waals surface area contributed by atoms with Crippen LogP contribution in [0.15, 0.2) is 24.3 Å². The predicted octanol–water partition coefficient (Wildman–Crippen LogP) is 4.31. The average Bonchev–Trinajstić information content (AvgIpc) is 3.48. The lowest BCUT2D eigenvalue weighted by atomic mass is 9.95. The Morgan fingerprint density at radius 3 is 2.68 bits per heavy atom. The normalized spacial score (nSPS) is 15.4. The van der Waals surface area contributed by atoms with E-state index in [2.05, 4.69) is 10.2 Å². The van der Waals surface area contributed by atoms with Crippen LogP contribution in [0.4, 0.5) is 16.6 Å². The number of nitrogens with one attached hydrogen (secondary N) is 1. The van der Waals surface area contributed by atoms with Crippen LogP contribution in [0.5, 0.6) is 0 Å². The molecule has 1 aliphatic heterocycles. The number of benzene rings is 1. The smallest absolute Gasteiger partial charge is 0.341 e. The van der Waals surface area contributed by atoms with Gasteiger partial charge in [-0.1, -0.05) is 12.1 Å². The Kier molecular flexibility index (Phi) is 4.39. The van der Waals surface area contributed by atoms with Crippen LogP contribution in [0.25, 0.3) is 11.0 Å². The highest BCUT2D eigenvalue weighted by Crippen LogP contribution is 2.41. The number of nitrogens with zero attached hydrogens (tertiary/aromatic N) is 3. The van der Waals surface area contributed by atoms with Crippen LogP contribution in [0.2, 0.25) is 0 Å². The minimum atomic E-state index is -0.244. The van der Waals surface area contributed by atoms with E-state index in [1.807, 2.05) is 31.2 Å². The third-order valence-electron chi connectivity index (χ3n) is 5.18. The lowest BCUT2D eigenvalue weighted by Gasteiger charge is -2.14. The van der Waals surface area contributed by atoms with Gasteiger partial charge in [-0.15, -0.1) is 11.3 Å². The summed E-state index contributed by atoms with van der Waals surface area (Å²) in [4.78, 5) is 25.8. The number of thiophene rings is 1. The molecule has 0 amide bonds. The van der Waals surface area contributed by atoms with Gasteiger partial charge in [-0.2, -0.15) is 0 Å². The number of rotatable bonds is 5. The zero-order valence-corrected chi connectivity index (χ0v) is 16.6. The molecule has 2 aliphatic rings. The number of fused-ring (bicyclic) bond motifs is 2. The molecule has 6 nitrogen and oxygen atoms in total. The monoisotopic (exact) mass is 394 g/mol. The summed E-state index contributed by atoms with van der Waals surface area (Å²) in [5.74, 6) is 1.31. The topological polar surface area (TPSA) is 67.1 Å². The number of aromatic nitrogens is 2. The second-order valence-electron chi connectivity index (χ2n) is 7.13. The minimum Gasteiger partial charge on any atom is -0.462 e. The fraction of sp³-hybridized carbons (Fsp3) is 0.381. The number of ether oxygens (including phenoxy) is 1. The summed E-state index contributed by atoms with van der Waals surface area (Å²) in [6.45, 7) is 4.18. The first-order valence-corrected chi connectivity index (χ1v) is 10.7. The first kappa shape index (κ1) is 17.4. The summed E-state index contributed by atoms with van der Waals surface area (Å²) in [6, 6.07) is 7.88. The lowest BCUT2D eigenvalue weighted by molar-refractivity contribution is 0.0526. The SMILES string of the molecule is CCOC(=O)c1c(Nc2nc3ccccc3nc2N2CC2)sc2c1CCCC2. The number of hydrogen-bond donors (Lipinski definition) is 1. The Labute approximate surface area is 167 Å². The van der Waals surface area contributed by atoms with Crippen LogP contribution in [0, 0.1) is 0 Å². The van der Waals surface area contributed by atoms with Crippen LogP contribution in [-0.2, 0) is 17.6 Å². The van der Waals surface area contributed by atoms with E-state index >= 15 is 0 Å². The van der Waals surface area contributed by atoms with Gasteiger partial charge in [0.1, 0.15) is 5.00 Å². The molecule has 7 heteroatoms. The van der Waals surface area contributed by atoms with Gasteiger partial charge in [0.25, 0.3) is 0 Å². The van der Waals surface area contributed by atoms with Crippen molar-refractivity contribution in [3.05, 3.63) is 40.3 Å². The molecule has 2 aromatic heterocycles. The molecular weight excluding hydrogens is 372 g/mol. The standard InChI is InChI=1S/C21H22N4O2S/c1-2-27-21(26)17-13-7-3-6-10-16(13)28-20(17)24-18-19(25-11-12-25)23-15-9-5-4-8-14(15)22-18/h4-5,8-9H,2-3,6-7,10-12H2,1H3,(H,22,24). The summed E-state index contributed by atoms with van der Waals surface area (Å²) >= 11 is 1.66. The molecule has 1 fully saturated rings. The van der Waals surface area contributed by atoms with Gasteiger partial charge in [0.15, 0.2) is 11.6 Å². The second kappa shape index (κ2) is 7.05. The van der Waals surface area contributed by atoms with Crippen molar-refractivity contribution in [3.8, 4) is 0 Å². The number of aryl methyl sites for hydroxylation is 1. The Morgan fingerprint density at radius 1 is 1.18 bits per heavy atom. The molecule has 1 saturated heterocycles. The maximum absolute atomic E-state index is 12.7. The number of hydrogen-bond acceptors (Lipinski definition) is 7. The number of carbonyl (C=O) groups is 1. The Morgan fingerprint density at radius 2 is 1.93 bits per heavy atom. The van der Waals surface area contributed by atoms with Crippen LogP contribution >= 0.6 is 11.3 Å². The van der Waals surface area contributed by atoms with Crippen molar-refractivity contribution in [1.29, 1.82) is 0 Å². The van der Waals surface area contributed by atoms with Gasteiger partial charge in [-0.05, 0) is 50.3 Å². The molecule has 5 rings (SSSR count). The molecule has 0 unspecified atom stereocenters. The number of esters is 1. The molecule has 1 N–H and O–H groups in total. The third kappa shape index (κ3) is 3.09. The van der Waals surface area contributed by atoms with Gasteiger partial charge >= 0.3 is 5.97 Å². The highest BCUT2D eigenvalue weighted by molar-refractivity contribution is 7.16. The van der Waals surface area contributed by atoms with E-state index in [4.69, 9.17) is 14.7 Å². The van der Waals surface area contributed by atoms with Crippen molar-refractivity contribution < 1.29 is 9.53 Å². The van der Waals surface area contributed by atoms with Gasteiger partial charge in [0.2, 0.25) is 0 Å². The van der Waals surface area contributed by atoms with Gasteiger partial charge in [-0.25, -0.2) is 14.8 Å². The van der Waals surface area contributed by atoms with Gasteiger partial charge in [0, 0.05) is 18.0 Å². The molecule has 3 aromatic rings. The molecule has 3 heterocycles. The maximum atomic E-state index is 12.7. The van der Waals surface area contributed by atoms with E-state index in [0.29, 0.717) is 18.0 Å². The predicted molar refractivity (Wildman–Crippen MR) is 112 cm³/mol. The quantitative estimate of drug-likeness (QED) is 0.514. The Balaban J connectivity index is 1.60. The highest BCUT2D eigenvalue weighted by Gasteiger charge is 2.29. The van der Waals surface area contributed by atoms with Crippen molar-refractivity contribution in [2.75, 3.05) is 29.9 Å². The number of anilines is 3. The molecule has 0 spiro atoms. The number of carbonyl (C=O) groups excluding carboxylic acids is 1.